The van der Waals surface area contributed by atoms with Crippen LogP contribution in [-0.4, -0.2) is 21.8 Å². The van der Waals surface area contributed by atoms with E-state index in [1.807, 2.05) is 0 Å². The first-order chi connectivity index (χ1) is 15.0. The Labute approximate surface area is 176 Å². The second kappa shape index (κ2) is 8.63. The molecule has 0 aliphatic heterocycles. The fourth-order valence-electron chi connectivity index (χ4n) is 3.37. The number of pyridine rings is 2. The third-order valence-corrected chi connectivity index (χ3v) is 5.34. The maximum absolute atomic E-state index is 14.5. The molecule has 0 unspecified atom stereocenters. The zero-order valence-electron chi connectivity index (χ0n) is 16.5. The maximum Gasteiger partial charge on any atom is 0.266 e. The van der Waals surface area contributed by atoms with E-state index in [0.29, 0.717) is 5.82 Å². The molecule has 0 spiro atoms. The van der Waals surface area contributed by atoms with Crippen LogP contribution < -0.4 is 16.2 Å². The highest BCUT2D eigenvalue weighted by Crippen LogP contribution is 2.24. The van der Waals surface area contributed by atoms with E-state index in [0.717, 1.165) is 48.4 Å². The molecule has 1 fully saturated rings. The lowest BCUT2D eigenvalue weighted by atomic mass is 9.93. The second-order valence-corrected chi connectivity index (χ2v) is 7.31. The Bertz CT molecular complexity index is 1170. The average molecular weight is 427 g/mol. The third kappa shape index (κ3) is 4.16. The van der Waals surface area contributed by atoms with Crippen molar-refractivity contribution in [1.29, 1.82) is 5.41 Å². The Morgan fingerprint density at radius 3 is 2.55 bits per heavy atom. The average Bonchev–Trinajstić information content (AvgIpc) is 2.72. The number of hydrogen-bond donors (Lipinski definition) is 3. The summed E-state index contributed by atoms with van der Waals surface area (Å²) in [5, 5.41) is 13.6. The molecule has 2 heterocycles. The molecule has 160 valence electrons. The van der Waals surface area contributed by atoms with Crippen molar-refractivity contribution >= 4 is 17.7 Å². The molecule has 0 saturated heterocycles. The van der Waals surface area contributed by atoms with Crippen molar-refractivity contribution in [1.82, 2.24) is 9.55 Å². The predicted octanol–water partition coefficient (Wildman–Crippen LogP) is 4.22. The van der Waals surface area contributed by atoms with Crippen LogP contribution in [0.4, 0.5) is 24.7 Å². The molecule has 1 saturated carbocycles. The van der Waals surface area contributed by atoms with Gasteiger partial charge in [0.2, 0.25) is 0 Å². The Morgan fingerprint density at radius 2 is 1.90 bits per heavy atom. The van der Waals surface area contributed by atoms with Gasteiger partial charge in [-0.05, 0) is 37.5 Å². The number of nitrogens with one attached hydrogen (secondary N) is 3. The minimum absolute atomic E-state index is 0.00313. The van der Waals surface area contributed by atoms with Crippen molar-refractivity contribution in [3.8, 4) is 5.69 Å². The Kier molecular flexibility index (Phi) is 5.75. The van der Waals surface area contributed by atoms with E-state index in [4.69, 9.17) is 5.41 Å². The quantitative estimate of drug-likeness (QED) is 0.493. The zero-order valence-corrected chi connectivity index (χ0v) is 16.5. The molecular weight excluding hydrogens is 407 g/mol. The van der Waals surface area contributed by atoms with E-state index >= 15 is 0 Å². The highest BCUT2D eigenvalue weighted by molar-refractivity contribution is 5.85. The Hall–Kier alpha value is -3.62. The topological polar surface area (TPSA) is 82.8 Å². The number of rotatable bonds is 7. The lowest BCUT2D eigenvalue weighted by Gasteiger charge is -2.27. The minimum Gasteiger partial charge on any atom is -0.380 e. The van der Waals surface area contributed by atoms with E-state index in [1.54, 1.807) is 0 Å². The number of anilines is 2. The molecule has 3 N–H and O–H groups in total. The smallest absolute Gasteiger partial charge is 0.266 e. The van der Waals surface area contributed by atoms with E-state index in [9.17, 15) is 18.0 Å². The van der Waals surface area contributed by atoms with Crippen LogP contribution in [-0.2, 0) is 6.54 Å². The van der Waals surface area contributed by atoms with Gasteiger partial charge in [-0.15, -0.1) is 0 Å². The monoisotopic (exact) mass is 427 g/mol. The van der Waals surface area contributed by atoms with Crippen LogP contribution in [0.25, 0.3) is 5.69 Å². The molecule has 0 atom stereocenters. The van der Waals surface area contributed by atoms with Crippen LogP contribution in [0.15, 0.2) is 47.5 Å². The van der Waals surface area contributed by atoms with Crippen molar-refractivity contribution in [2.24, 2.45) is 0 Å². The van der Waals surface area contributed by atoms with Crippen LogP contribution in [0.2, 0.25) is 0 Å². The first-order valence-corrected chi connectivity index (χ1v) is 9.83. The van der Waals surface area contributed by atoms with Gasteiger partial charge < -0.3 is 16.0 Å². The summed E-state index contributed by atoms with van der Waals surface area (Å²) in [6.07, 6.45) is 6.36. The number of benzene rings is 1. The third-order valence-electron chi connectivity index (χ3n) is 5.34. The lowest BCUT2D eigenvalue weighted by Crippen LogP contribution is -2.28. The molecule has 1 aromatic carbocycles. The Morgan fingerprint density at radius 1 is 1.16 bits per heavy atom. The highest BCUT2D eigenvalue weighted by atomic mass is 19.1. The van der Waals surface area contributed by atoms with Crippen LogP contribution in [0.5, 0.6) is 0 Å². The van der Waals surface area contributed by atoms with Gasteiger partial charge in [-0.3, -0.25) is 9.36 Å². The van der Waals surface area contributed by atoms with E-state index in [1.165, 1.54) is 24.4 Å². The van der Waals surface area contributed by atoms with Gasteiger partial charge in [-0.2, -0.15) is 0 Å². The van der Waals surface area contributed by atoms with Gasteiger partial charge in [0.05, 0.1) is 23.1 Å². The summed E-state index contributed by atoms with van der Waals surface area (Å²) in [5.74, 6) is -1.67. The van der Waals surface area contributed by atoms with Crippen molar-refractivity contribution in [3.63, 3.8) is 0 Å². The van der Waals surface area contributed by atoms with Crippen LogP contribution in [0, 0.1) is 22.9 Å². The SMILES string of the molecule is N=Cc1c(NCc2c(F)cccc2F)ccn(-c2cc(NC3CCC3)ncc2F)c1=O. The number of halogens is 3. The van der Waals surface area contributed by atoms with E-state index in [2.05, 4.69) is 15.6 Å². The predicted molar refractivity (Wildman–Crippen MR) is 113 cm³/mol. The van der Waals surface area contributed by atoms with Gasteiger partial charge in [0.25, 0.3) is 5.56 Å². The molecule has 0 amide bonds. The van der Waals surface area contributed by atoms with Crippen LogP contribution >= 0.6 is 0 Å². The molecule has 2 aromatic heterocycles. The van der Waals surface area contributed by atoms with Gasteiger partial charge >= 0.3 is 0 Å². The molecular formula is C22H20F3N5O. The normalized spacial score (nSPS) is 13.5. The van der Waals surface area contributed by atoms with E-state index in [-0.39, 0.29) is 35.1 Å². The fourth-order valence-corrected chi connectivity index (χ4v) is 3.37. The summed E-state index contributed by atoms with van der Waals surface area (Å²) < 4.78 is 43.3. The lowest BCUT2D eigenvalue weighted by molar-refractivity contribution is 0.444. The first kappa shape index (κ1) is 20.6. The number of aromatic nitrogens is 2. The summed E-state index contributed by atoms with van der Waals surface area (Å²) in [5.41, 5.74) is -0.690. The van der Waals surface area contributed by atoms with Crippen molar-refractivity contribution in [3.05, 3.63) is 81.7 Å². The van der Waals surface area contributed by atoms with Crippen LogP contribution in [0.1, 0.15) is 30.4 Å². The summed E-state index contributed by atoms with van der Waals surface area (Å²) >= 11 is 0. The summed E-state index contributed by atoms with van der Waals surface area (Å²) in [7, 11) is 0. The van der Waals surface area contributed by atoms with Crippen LogP contribution in [0.3, 0.4) is 0 Å². The molecule has 9 heteroatoms. The first-order valence-electron chi connectivity index (χ1n) is 9.83. The zero-order chi connectivity index (χ0) is 22.0. The molecule has 1 aliphatic rings. The van der Waals surface area contributed by atoms with Crippen molar-refractivity contribution in [2.75, 3.05) is 10.6 Å². The number of nitrogens with zero attached hydrogens (tertiary/aromatic N) is 2. The Balaban J connectivity index is 1.64. The second-order valence-electron chi connectivity index (χ2n) is 7.31. The maximum atomic E-state index is 14.5. The molecule has 1 aliphatic carbocycles. The molecule has 4 rings (SSSR count). The van der Waals surface area contributed by atoms with Crippen molar-refractivity contribution in [2.45, 2.75) is 31.8 Å². The van der Waals surface area contributed by atoms with Gasteiger partial charge in [0.15, 0.2) is 5.82 Å². The van der Waals surface area contributed by atoms with Gasteiger partial charge in [0, 0.05) is 36.6 Å². The standard InChI is InChI=1S/C22H20F3N5O/c23-16-5-2-6-17(24)15(16)11-27-19-7-8-30(22(31)14(19)10-26)20-9-21(28-12-18(20)25)29-13-3-1-4-13/h2,5-10,12-13,26-27H,1,3-4,11H2,(H,28,29). The fraction of sp³-hybridized carbons (Fsp3) is 0.227. The highest BCUT2D eigenvalue weighted by Gasteiger charge is 2.19. The summed E-state index contributed by atoms with van der Waals surface area (Å²) in [6.45, 7) is -0.220. The van der Waals surface area contributed by atoms with E-state index < -0.39 is 23.0 Å². The molecule has 0 radical (unpaired) electrons. The molecule has 31 heavy (non-hydrogen) atoms. The molecule has 3 aromatic rings. The minimum atomic E-state index is -0.720. The van der Waals surface area contributed by atoms with Gasteiger partial charge in [0.1, 0.15) is 17.5 Å². The van der Waals surface area contributed by atoms with Crippen molar-refractivity contribution < 1.29 is 13.2 Å². The van der Waals surface area contributed by atoms with Gasteiger partial charge in [-0.1, -0.05) is 6.07 Å². The summed E-state index contributed by atoms with van der Waals surface area (Å²) in [6, 6.07) is 6.72. The number of hydrogen-bond acceptors (Lipinski definition) is 5. The summed E-state index contributed by atoms with van der Waals surface area (Å²) in [4.78, 5) is 17.0. The largest absolute Gasteiger partial charge is 0.380 e. The van der Waals surface area contributed by atoms with Gasteiger partial charge in [-0.25, -0.2) is 18.2 Å². The molecule has 0 bridgehead atoms. The molecule has 6 nitrogen and oxygen atoms in total.